The van der Waals surface area contributed by atoms with Gasteiger partial charge in [0.1, 0.15) is 0 Å². The van der Waals surface area contributed by atoms with Crippen LogP contribution in [0.4, 0.5) is 0 Å². The lowest BCUT2D eigenvalue weighted by Gasteiger charge is -2.09. The van der Waals surface area contributed by atoms with E-state index >= 15 is 0 Å². The quantitative estimate of drug-likeness (QED) is 0.816. The van der Waals surface area contributed by atoms with Gasteiger partial charge in [0.2, 0.25) is 5.91 Å². The molecule has 2 atom stereocenters. The Hall–Kier alpha value is -0.870. The number of nitrogens with one attached hydrogen (secondary N) is 1. The van der Waals surface area contributed by atoms with E-state index in [-0.39, 0.29) is 11.8 Å². The summed E-state index contributed by atoms with van der Waals surface area (Å²) in [5.74, 6) is 0.795. The highest BCUT2D eigenvalue weighted by Crippen LogP contribution is 2.47. The summed E-state index contributed by atoms with van der Waals surface area (Å²) in [5, 5.41) is 3.04. The van der Waals surface area contributed by atoms with Crippen LogP contribution in [0.15, 0.2) is 28.7 Å². The third-order valence-corrected chi connectivity index (χ3v) is 3.98. The number of carbonyl (C=O) groups is 1. The van der Waals surface area contributed by atoms with E-state index in [0.29, 0.717) is 5.92 Å². The number of hydrogen-bond donors (Lipinski definition) is 1. The average molecular weight is 325 g/mol. The predicted molar refractivity (Wildman–Crippen MR) is 81.2 cm³/mol. The molecule has 4 heteroatoms. The summed E-state index contributed by atoms with van der Waals surface area (Å²) >= 11 is 3.47. The molecule has 0 unspecified atom stereocenters. The zero-order valence-electron chi connectivity index (χ0n) is 11.5. The molecule has 0 spiro atoms. The van der Waals surface area contributed by atoms with E-state index in [1.54, 1.807) is 0 Å². The van der Waals surface area contributed by atoms with E-state index in [1.807, 2.05) is 26.2 Å². The summed E-state index contributed by atoms with van der Waals surface area (Å²) in [6.07, 6.45) is 1.99. The van der Waals surface area contributed by atoms with Gasteiger partial charge in [-0.25, -0.2) is 0 Å². The average Bonchev–Trinajstić information content (AvgIpc) is 3.14. The smallest absolute Gasteiger partial charge is 0.223 e. The van der Waals surface area contributed by atoms with E-state index in [1.165, 1.54) is 5.56 Å². The van der Waals surface area contributed by atoms with Gasteiger partial charge in [-0.15, -0.1) is 0 Å². The number of nitrogens with zero attached hydrogens (tertiary/aromatic N) is 1. The van der Waals surface area contributed by atoms with Crippen molar-refractivity contribution in [3.05, 3.63) is 34.3 Å². The Morgan fingerprint density at radius 1 is 1.47 bits per heavy atom. The van der Waals surface area contributed by atoms with Crippen LogP contribution in [0.1, 0.15) is 24.3 Å². The van der Waals surface area contributed by atoms with E-state index in [2.05, 4.69) is 38.3 Å². The Kier molecular flexibility index (Phi) is 4.99. The summed E-state index contributed by atoms with van der Waals surface area (Å²) < 4.78 is 1.09. The third-order valence-electron chi connectivity index (χ3n) is 3.49. The predicted octanol–water partition coefficient (Wildman–Crippen LogP) is 2.62. The molecule has 19 heavy (non-hydrogen) atoms. The van der Waals surface area contributed by atoms with Gasteiger partial charge in [-0.2, -0.15) is 0 Å². The molecule has 1 aliphatic rings. The van der Waals surface area contributed by atoms with Crippen molar-refractivity contribution >= 4 is 21.8 Å². The lowest BCUT2D eigenvalue weighted by atomic mass is 10.1. The van der Waals surface area contributed by atoms with E-state index in [0.717, 1.165) is 30.4 Å². The molecule has 0 aliphatic heterocycles. The number of hydrogen-bond acceptors (Lipinski definition) is 2. The zero-order valence-corrected chi connectivity index (χ0v) is 13.1. The first-order valence-corrected chi connectivity index (χ1v) is 7.55. The monoisotopic (exact) mass is 324 g/mol. The lowest BCUT2D eigenvalue weighted by Crippen LogP contribution is -2.28. The number of benzene rings is 1. The van der Waals surface area contributed by atoms with Crippen LogP contribution in [0, 0.1) is 5.92 Å². The second-order valence-electron chi connectivity index (χ2n) is 5.45. The molecule has 1 aromatic rings. The van der Waals surface area contributed by atoms with Crippen LogP contribution in [0.25, 0.3) is 0 Å². The highest BCUT2D eigenvalue weighted by Gasteiger charge is 2.43. The molecule has 1 fully saturated rings. The fourth-order valence-corrected chi connectivity index (χ4v) is 2.75. The van der Waals surface area contributed by atoms with Crippen molar-refractivity contribution in [1.29, 1.82) is 0 Å². The van der Waals surface area contributed by atoms with Gasteiger partial charge >= 0.3 is 0 Å². The van der Waals surface area contributed by atoms with Gasteiger partial charge in [0.15, 0.2) is 0 Å². The zero-order chi connectivity index (χ0) is 13.8. The van der Waals surface area contributed by atoms with Gasteiger partial charge in [-0.3, -0.25) is 4.79 Å². The summed E-state index contributed by atoms with van der Waals surface area (Å²) in [5.41, 5.74) is 1.27. The second kappa shape index (κ2) is 6.53. The number of rotatable bonds is 6. The molecule has 0 radical (unpaired) electrons. The van der Waals surface area contributed by atoms with Crippen molar-refractivity contribution < 1.29 is 4.79 Å². The minimum Gasteiger partial charge on any atom is -0.356 e. The molecule has 1 N–H and O–H groups in total. The molecule has 0 heterocycles. The second-order valence-corrected chi connectivity index (χ2v) is 6.37. The Labute approximate surface area is 123 Å². The highest BCUT2D eigenvalue weighted by atomic mass is 79.9. The maximum Gasteiger partial charge on any atom is 0.223 e. The van der Waals surface area contributed by atoms with Gasteiger partial charge in [0.25, 0.3) is 0 Å². The first-order valence-electron chi connectivity index (χ1n) is 6.76. The van der Waals surface area contributed by atoms with Crippen LogP contribution in [0.2, 0.25) is 0 Å². The molecule has 2 rings (SSSR count). The van der Waals surface area contributed by atoms with Crippen molar-refractivity contribution in [2.75, 3.05) is 27.2 Å². The summed E-state index contributed by atoms with van der Waals surface area (Å²) in [4.78, 5) is 14.1. The third kappa shape index (κ3) is 4.32. The standard InChI is InChI=1S/C15H21BrN2O/c1-18(2)8-4-7-17-15(19)14-10-13(14)11-5-3-6-12(16)9-11/h3,5-6,9,13-14H,4,7-8,10H2,1-2H3,(H,17,19)/t13-,14+/m0/s1. The van der Waals surface area contributed by atoms with Gasteiger partial charge in [-0.1, -0.05) is 28.1 Å². The molecule has 3 nitrogen and oxygen atoms in total. The van der Waals surface area contributed by atoms with Crippen molar-refractivity contribution in [3.8, 4) is 0 Å². The fourth-order valence-electron chi connectivity index (χ4n) is 2.33. The topological polar surface area (TPSA) is 32.3 Å². The molecule has 1 aromatic carbocycles. The Morgan fingerprint density at radius 2 is 2.26 bits per heavy atom. The Balaban J connectivity index is 1.75. The van der Waals surface area contributed by atoms with Crippen molar-refractivity contribution in [1.82, 2.24) is 10.2 Å². The maximum absolute atomic E-state index is 12.0. The number of amides is 1. The van der Waals surface area contributed by atoms with Crippen molar-refractivity contribution in [2.45, 2.75) is 18.8 Å². The minimum atomic E-state index is 0.175. The van der Waals surface area contributed by atoms with E-state index in [9.17, 15) is 4.79 Å². The van der Waals surface area contributed by atoms with Gasteiger partial charge in [0.05, 0.1) is 0 Å². The molecular formula is C15H21BrN2O. The molecule has 0 bridgehead atoms. The largest absolute Gasteiger partial charge is 0.356 e. The van der Waals surface area contributed by atoms with E-state index < -0.39 is 0 Å². The molecule has 0 saturated heterocycles. The van der Waals surface area contributed by atoms with Crippen molar-refractivity contribution in [3.63, 3.8) is 0 Å². The van der Waals surface area contributed by atoms with Crippen LogP contribution < -0.4 is 5.32 Å². The number of halogens is 1. The normalized spacial score (nSPS) is 21.5. The SMILES string of the molecule is CN(C)CCCNC(=O)[C@@H]1C[C@H]1c1cccc(Br)c1. The van der Waals surface area contributed by atoms with E-state index in [4.69, 9.17) is 0 Å². The van der Waals surface area contributed by atoms with Crippen molar-refractivity contribution in [2.24, 2.45) is 5.92 Å². The summed E-state index contributed by atoms with van der Waals surface area (Å²) in [6.45, 7) is 1.79. The van der Waals surface area contributed by atoms with Crippen LogP contribution in [0.5, 0.6) is 0 Å². The molecule has 1 aliphatic carbocycles. The van der Waals surface area contributed by atoms with Crippen LogP contribution in [0.3, 0.4) is 0 Å². The summed E-state index contributed by atoms with van der Waals surface area (Å²) in [7, 11) is 4.10. The first kappa shape index (κ1) is 14.5. The molecular weight excluding hydrogens is 304 g/mol. The minimum absolute atomic E-state index is 0.175. The number of carbonyl (C=O) groups excluding carboxylic acids is 1. The Bertz CT molecular complexity index is 448. The van der Waals surface area contributed by atoms with Crippen LogP contribution >= 0.6 is 15.9 Å². The highest BCUT2D eigenvalue weighted by molar-refractivity contribution is 9.10. The Morgan fingerprint density at radius 3 is 2.95 bits per heavy atom. The molecule has 1 amide bonds. The molecule has 1 saturated carbocycles. The lowest BCUT2D eigenvalue weighted by molar-refractivity contribution is -0.122. The molecule has 104 valence electrons. The maximum atomic E-state index is 12.0. The molecule has 0 aromatic heterocycles. The van der Waals surface area contributed by atoms with Crippen LogP contribution in [-0.2, 0) is 4.79 Å². The van der Waals surface area contributed by atoms with Crippen LogP contribution in [-0.4, -0.2) is 38.0 Å². The van der Waals surface area contributed by atoms with Gasteiger partial charge in [-0.05, 0) is 57.1 Å². The first-order chi connectivity index (χ1) is 9.08. The van der Waals surface area contributed by atoms with Gasteiger partial charge in [0, 0.05) is 16.9 Å². The summed E-state index contributed by atoms with van der Waals surface area (Å²) in [6, 6.07) is 8.27. The van der Waals surface area contributed by atoms with Gasteiger partial charge < -0.3 is 10.2 Å². The fraction of sp³-hybridized carbons (Fsp3) is 0.533.